The van der Waals surface area contributed by atoms with Gasteiger partial charge in [0.1, 0.15) is 5.52 Å². The average Bonchev–Trinajstić information content (AvgIpc) is 2.70. The first kappa shape index (κ1) is 15.4. The van der Waals surface area contributed by atoms with Gasteiger partial charge in [-0.3, -0.25) is 4.79 Å². The van der Waals surface area contributed by atoms with Gasteiger partial charge >= 0.3 is 0 Å². The first-order chi connectivity index (χ1) is 8.43. The molecule has 1 amide bonds. The molecule has 0 unspecified atom stereocenters. The second-order valence-electron chi connectivity index (χ2n) is 4.96. The maximum absolute atomic E-state index is 12.0. The van der Waals surface area contributed by atoms with Crippen molar-refractivity contribution in [2.45, 2.75) is 19.4 Å². The predicted molar refractivity (Wildman–Crippen MR) is 76.4 cm³/mol. The van der Waals surface area contributed by atoms with Gasteiger partial charge in [-0.2, -0.15) is 0 Å². The third-order valence-electron chi connectivity index (χ3n) is 2.84. The van der Waals surface area contributed by atoms with Gasteiger partial charge in [-0.25, -0.2) is 4.68 Å². The molecule has 104 valence electrons. The molecular formula is C12H18ClN5O. The van der Waals surface area contributed by atoms with Crippen molar-refractivity contribution < 1.29 is 4.79 Å². The van der Waals surface area contributed by atoms with Crippen LogP contribution in [0, 0.1) is 0 Å². The van der Waals surface area contributed by atoms with E-state index in [0.29, 0.717) is 17.6 Å². The standard InChI is InChI=1S/C12H17N5O.ClH/c1-12(2,7-13)14-11(18)8-4-5-10-9(6-8)15-16-17(10)3;/h4-6H,7,13H2,1-3H3,(H,14,18);1H. The molecule has 0 fully saturated rings. The van der Waals surface area contributed by atoms with E-state index in [1.807, 2.05) is 27.0 Å². The lowest BCUT2D eigenvalue weighted by Gasteiger charge is -2.24. The molecule has 2 rings (SSSR count). The number of hydrogen-bond donors (Lipinski definition) is 2. The van der Waals surface area contributed by atoms with Gasteiger partial charge < -0.3 is 11.1 Å². The number of hydrogen-bond acceptors (Lipinski definition) is 4. The molecule has 0 aliphatic carbocycles. The van der Waals surface area contributed by atoms with Crippen molar-refractivity contribution in [3.8, 4) is 0 Å². The van der Waals surface area contributed by atoms with Gasteiger partial charge in [0.25, 0.3) is 5.91 Å². The summed E-state index contributed by atoms with van der Waals surface area (Å²) in [5.41, 5.74) is 7.32. The summed E-state index contributed by atoms with van der Waals surface area (Å²) in [6.07, 6.45) is 0. The van der Waals surface area contributed by atoms with E-state index in [2.05, 4.69) is 15.6 Å². The number of nitrogens with two attached hydrogens (primary N) is 1. The Hall–Kier alpha value is -1.66. The number of carbonyl (C=O) groups is 1. The lowest BCUT2D eigenvalue weighted by Crippen LogP contribution is -2.48. The number of amides is 1. The molecule has 1 aromatic carbocycles. The second-order valence-corrected chi connectivity index (χ2v) is 4.96. The molecular weight excluding hydrogens is 266 g/mol. The van der Waals surface area contributed by atoms with Gasteiger partial charge in [0.2, 0.25) is 0 Å². The minimum atomic E-state index is -0.422. The van der Waals surface area contributed by atoms with E-state index in [0.717, 1.165) is 5.52 Å². The van der Waals surface area contributed by atoms with Crippen molar-refractivity contribution in [3.63, 3.8) is 0 Å². The molecule has 0 aliphatic rings. The minimum absolute atomic E-state index is 0. The summed E-state index contributed by atoms with van der Waals surface area (Å²) in [5, 5.41) is 10.8. The molecule has 1 aromatic heterocycles. The number of nitrogens with one attached hydrogen (secondary N) is 1. The van der Waals surface area contributed by atoms with Gasteiger partial charge in [-0.05, 0) is 32.0 Å². The van der Waals surface area contributed by atoms with Crippen LogP contribution >= 0.6 is 12.4 Å². The highest BCUT2D eigenvalue weighted by atomic mass is 35.5. The number of fused-ring (bicyclic) bond motifs is 1. The number of carbonyl (C=O) groups excluding carboxylic acids is 1. The molecule has 0 spiro atoms. The molecule has 0 saturated heterocycles. The van der Waals surface area contributed by atoms with Crippen LogP contribution < -0.4 is 11.1 Å². The van der Waals surface area contributed by atoms with Gasteiger partial charge in [-0.15, -0.1) is 17.5 Å². The molecule has 7 heteroatoms. The molecule has 2 aromatic rings. The first-order valence-corrected chi connectivity index (χ1v) is 5.75. The molecule has 3 N–H and O–H groups in total. The Labute approximate surface area is 117 Å². The zero-order chi connectivity index (χ0) is 13.3. The maximum Gasteiger partial charge on any atom is 0.251 e. The summed E-state index contributed by atoms with van der Waals surface area (Å²) >= 11 is 0. The van der Waals surface area contributed by atoms with Crippen molar-refractivity contribution in [1.82, 2.24) is 20.3 Å². The van der Waals surface area contributed by atoms with Gasteiger partial charge in [0.05, 0.1) is 5.52 Å². The Morgan fingerprint density at radius 3 is 2.79 bits per heavy atom. The van der Waals surface area contributed by atoms with E-state index in [1.165, 1.54) is 0 Å². The summed E-state index contributed by atoms with van der Waals surface area (Å²) in [6.45, 7) is 4.14. The highest BCUT2D eigenvalue weighted by Gasteiger charge is 2.19. The lowest BCUT2D eigenvalue weighted by molar-refractivity contribution is 0.0916. The Morgan fingerprint density at radius 1 is 1.47 bits per heavy atom. The van der Waals surface area contributed by atoms with E-state index >= 15 is 0 Å². The van der Waals surface area contributed by atoms with E-state index in [1.54, 1.807) is 16.8 Å². The Morgan fingerprint density at radius 2 is 2.16 bits per heavy atom. The Bertz CT molecular complexity index is 593. The maximum atomic E-state index is 12.0. The summed E-state index contributed by atoms with van der Waals surface area (Å²) in [5.74, 6) is -0.155. The predicted octanol–water partition coefficient (Wildman–Crippen LogP) is 0.857. The summed E-state index contributed by atoms with van der Waals surface area (Å²) in [6, 6.07) is 5.32. The summed E-state index contributed by atoms with van der Waals surface area (Å²) in [4.78, 5) is 12.0. The van der Waals surface area contributed by atoms with Crippen LogP contribution in [-0.4, -0.2) is 33.0 Å². The van der Waals surface area contributed by atoms with Crippen LogP contribution in [-0.2, 0) is 7.05 Å². The number of halogens is 1. The monoisotopic (exact) mass is 283 g/mol. The van der Waals surface area contributed by atoms with Crippen LogP contribution in [0.4, 0.5) is 0 Å². The fourth-order valence-corrected chi connectivity index (χ4v) is 1.61. The molecule has 0 saturated carbocycles. The topological polar surface area (TPSA) is 85.8 Å². The number of benzene rings is 1. The van der Waals surface area contributed by atoms with Crippen LogP contribution in [0.25, 0.3) is 11.0 Å². The van der Waals surface area contributed by atoms with Crippen LogP contribution in [0.5, 0.6) is 0 Å². The molecule has 19 heavy (non-hydrogen) atoms. The molecule has 0 radical (unpaired) electrons. The quantitative estimate of drug-likeness (QED) is 0.875. The number of aryl methyl sites for hydroxylation is 1. The van der Waals surface area contributed by atoms with E-state index in [9.17, 15) is 4.79 Å². The average molecular weight is 284 g/mol. The van der Waals surface area contributed by atoms with Crippen LogP contribution in [0.2, 0.25) is 0 Å². The zero-order valence-electron chi connectivity index (χ0n) is 11.2. The molecule has 6 nitrogen and oxygen atoms in total. The highest BCUT2D eigenvalue weighted by molar-refractivity contribution is 5.97. The number of rotatable bonds is 3. The molecule has 1 heterocycles. The van der Waals surface area contributed by atoms with Gasteiger partial charge in [0.15, 0.2) is 0 Å². The van der Waals surface area contributed by atoms with E-state index in [-0.39, 0.29) is 18.3 Å². The van der Waals surface area contributed by atoms with Crippen LogP contribution in [0.1, 0.15) is 24.2 Å². The van der Waals surface area contributed by atoms with Crippen molar-refractivity contribution in [1.29, 1.82) is 0 Å². The molecule has 0 atom stereocenters. The SMILES string of the molecule is Cl.Cn1nnc2cc(C(=O)NC(C)(C)CN)ccc21. The largest absolute Gasteiger partial charge is 0.346 e. The fourth-order valence-electron chi connectivity index (χ4n) is 1.61. The number of nitrogens with zero attached hydrogens (tertiary/aromatic N) is 3. The Kier molecular flexibility index (Phi) is 4.49. The first-order valence-electron chi connectivity index (χ1n) is 5.75. The Balaban J connectivity index is 0.00000180. The van der Waals surface area contributed by atoms with Crippen molar-refractivity contribution in [3.05, 3.63) is 23.8 Å². The normalized spacial score (nSPS) is 11.2. The molecule has 0 aliphatic heterocycles. The zero-order valence-corrected chi connectivity index (χ0v) is 12.0. The second kappa shape index (κ2) is 5.54. The van der Waals surface area contributed by atoms with Crippen molar-refractivity contribution in [2.75, 3.05) is 6.54 Å². The third kappa shape index (κ3) is 3.21. The molecule has 0 bridgehead atoms. The van der Waals surface area contributed by atoms with Crippen molar-refractivity contribution in [2.24, 2.45) is 12.8 Å². The van der Waals surface area contributed by atoms with E-state index in [4.69, 9.17) is 5.73 Å². The van der Waals surface area contributed by atoms with Gasteiger partial charge in [-0.1, -0.05) is 5.21 Å². The highest BCUT2D eigenvalue weighted by Crippen LogP contribution is 2.13. The summed E-state index contributed by atoms with van der Waals surface area (Å²) in [7, 11) is 1.81. The van der Waals surface area contributed by atoms with E-state index < -0.39 is 5.54 Å². The van der Waals surface area contributed by atoms with Gasteiger partial charge in [0, 0.05) is 24.7 Å². The lowest BCUT2D eigenvalue weighted by atomic mass is 10.1. The smallest absolute Gasteiger partial charge is 0.251 e. The van der Waals surface area contributed by atoms with Crippen LogP contribution in [0.15, 0.2) is 18.2 Å². The van der Waals surface area contributed by atoms with Crippen molar-refractivity contribution >= 4 is 29.3 Å². The number of aromatic nitrogens is 3. The fraction of sp³-hybridized carbons (Fsp3) is 0.417. The summed E-state index contributed by atoms with van der Waals surface area (Å²) < 4.78 is 1.67. The third-order valence-corrected chi connectivity index (χ3v) is 2.84. The minimum Gasteiger partial charge on any atom is -0.346 e. The van der Waals surface area contributed by atoms with Crippen LogP contribution in [0.3, 0.4) is 0 Å².